The smallest absolute Gasteiger partial charge is 0.251 e. The molecule has 0 aliphatic carbocycles. The van der Waals surface area contributed by atoms with Gasteiger partial charge in [0.2, 0.25) is 5.95 Å². The Kier molecular flexibility index (Phi) is 6.61. The second-order valence-electron chi connectivity index (χ2n) is 9.97. The lowest BCUT2D eigenvalue weighted by Gasteiger charge is -2.29. The van der Waals surface area contributed by atoms with Gasteiger partial charge in [-0.15, -0.1) is 0 Å². The topological polar surface area (TPSA) is 108 Å². The van der Waals surface area contributed by atoms with E-state index >= 15 is 0 Å². The number of nitrogens with one attached hydrogen (secondary N) is 2. The number of benzene rings is 1. The van der Waals surface area contributed by atoms with Crippen molar-refractivity contribution in [2.75, 3.05) is 25.5 Å². The van der Waals surface area contributed by atoms with Crippen molar-refractivity contribution in [1.29, 1.82) is 0 Å². The number of amides is 1. The minimum absolute atomic E-state index is 0.0899. The number of halogens is 1. The molecule has 1 fully saturated rings. The summed E-state index contributed by atoms with van der Waals surface area (Å²) in [5.41, 5.74) is 0.921. The van der Waals surface area contributed by atoms with Gasteiger partial charge in [0.1, 0.15) is 11.4 Å². The van der Waals surface area contributed by atoms with Gasteiger partial charge in [0, 0.05) is 29.7 Å². The predicted molar refractivity (Wildman–Crippen MR) is 140 cm³/mol. The molecule has 4 heterocycles. The Hall–Kier alpha value is -3.89. The summed E-state index contributed by atoms with van der Waals surface area (Å²) >= 11 is 0. The first-order valence-corrected chi connectivity index (χ1v) is 12.3. The van der Waals surface area contributed by atoms with Crippen LogP contribution < -0.4 is 10.6 Å². The maximum Gasteiger partial charge on any atom is 0.251 e. The van der Waals surface area contributed by atoms with Crippen LogP contribution in [0.2, 0.25) is 0 Å². The van der Waals surface area contributed by atoms with Gasteiger partial charge in [-0.3, -0.25) is 9.36 Å². The van der Waals surface area contributed by atoms with E-state index < -0.39 is 11.4 Å². The molecule has 0 spiro atoms. The summed E-state index contributed by atoms with van der Waals surface area (Å²) in [5.74, 6) is 0.136. The molecule has 0 bridgehead atoms. The number of anilines is 2. The van der Waals surface area contributed by atoms with Crippen LogP contribution in [-0.2, 0) is 5.60 Å². The molecule has 0 saturated carbocycles. The summed E-state index contributed by atoms with van der Waals surface area (Å²) < 4.78 is 16.2. The highest BCUT2D eigenvalue weighted by molar-refractivity contribution is 5.94. The fraction of sp³-hybridized carbons (Fsp3) is 0.333. The summed E-state index contributed by atoms with van der Waals surface area (Å²) in [6.45, 7) is 5.24. The molecule has 1 saturated heterocycles. The Morgan fingerprint density at radius 3 is 2.54 bits per heavy atom. The minimum atomic E-state index is -1.14. The van der Waals surface area contributed by atoms with Crippen LogP contribution in [0.4, 0.5) is 16.0 Å². The van der Waals surface area contributed by atoms with Gasteiger partial charge in [-0.1, -0.05) is 6.07 Å². The number of fused-ring (bicyclic) bond motifs is 1. The van der Waals surface area contributed by atoms with Crippen LogP contribution in [0.25, 0.3) is 16.9 Å². The number of nitrogens with zero attached hydrogens (tertiary/aromatic N) is 5. The second kappa shape index (κ2) is 9.87. The molecule has 0 radical (unpaired) electrons. The highest BCUT2D eigenvalue weighted by Crippen LogP contribution is 2.25. The number of aliphatic hydroxyl groups is 1. The molecule has 37 heavy (non-hydrogen) atoms. The maximum absolute atomic E-state index is 14.7. The number of pyridine rings is 1. The molecule has 3 aromatic heterocycles. The lowest BCUT2D eigenvalue weighted by molar-refractivity contribution is 0.0738. The van der Waals surface area contributed by atoms with Crippen molar-refractivity contribution in [2.45, 2.75) is 38.3 Å². The van der Waals surface area contributed by atoms with Crippen molar-refractivity contribution in [1.82, 2.24) is 29.7 Å². The zero-order chi connectivity index (χ0) is 26.2. The molecular formula is C27H30FN7O2. The van der Waals surface area contributed by atoms with Gasteiger partial charge in [-0.25, -0.2) is 14.4 Å². The largest absolute Gasteiger partial charge is 0.384 e. The summed E-state index contributed by atoms with van der Waals surface area (Å²) in [4.78, 5) is 28.2. The van der Waals surface area contributed by atoms with E-state index in [0.717, 1.165) is 25.9 Å². The van der Waals surface area contributed by atoms with Gasteiger partial charge in [0.15, 0.2) is 11.5 Å². The average molecular weight is 504 g/mol. The van der Waals surface area contributed by atoms with Crippen molar-refractivity contribution in [2.24, 2.45) is 0 Å². The summed E-state index contributed by atoms with van der Waals surface area (Å²) in [6, 6.07) is 12.4. The first kappa shape index (κ1) is 24.8. The standard InChI is InChI=1S/C27H30FN7O2/c1-27(2,37)22-5-4-6-23(32-22)35-16-21(28)20-15-29-26(33-24(20)35)31-18-9-7-17(8-10-18)25(36)30-19-11-13-34(3)14-12-19/h4-10,15-16,19,37H,11-14H2,1-3H3,(H,30,36)(H,29,31,33). The van der Waals surface area contributed by atoms with Crippen LogP contribution in [0, 0.1) is 5.82 Å². The number of likely N-dealkylation sites (tertiary alicyclic amines) is 1. The first-order chi connectivity index (χ1) is 17.7. The molecule has 1 aliphatic heterocycles. The third-order valence-corrected chi connectivity index (χ3v) is 6.56. The molecule has 1 aliphatic rings. The van der Waals surface area contributed by atoms with Gasteiger partial charge in [-0.05, 0) is 83.2 Å². The minimum Gasteiger partial charge on any atom is -0.384 e. The summed E-state index contributed by atoms with van der Waals surface area (Å²) in [7, 11) is 2.09. The SMILES string of the molecule is CN1CCC(NC(=O)c2ccc(Nc3ncc4c(F)cn(-c5cccc(C(C)(C)O)n5)c4n3)cc2)CC1. The van der Waals surface area contributed by atoms with Crippen molar-refractivity contribution < 1.29 is 14.3 Å². The molecule has 9 nitrogen and oxygen atoms in total. The highest BCUT2D eigenvalue weighted by atomic mass is 19.1. The van der Waals surface area contributed by atoms with E-state index in [1.54, 1.807) is 56.3 Å². The predicted octanol–water partition coefficient (Wildman–Crippen LogP) is 3.75. The molecular weight excluding hydrogens is 473 g/mol. The second-order valence-corrected chi connectivity index (χ2v) is 9.97. The third-order valence-electron chi connectivity index (χ3n) is 6.56. The number of carbonyl (C=O) groups is 1. The molecule has 1 aromatic carbocycles. The average Bonchev–Trinajstić information content (AvgIpc) is 3.21. The van der Waals surface area contributed by atoms with Crippen LogP contribution in [-0.4, -0.2) is 61.6 Å². The number of aromatic nitrogens is 4. The van der Waals surface area contributed by atoms with Crippen LogP contribution in [0.1, 0.15) is 42.7 Å². The maximum atomic E-state index is 14.7. The van der Waals surface area contributed by atoms with Crippen molar-refractivity contribution in [3.05, 3.63) is 71.9 Å². The zero-order valence-electron chi connectivity index (χ0n) is 21.1. The van der Waals surface area contributed by atoms with E-state index in [4.69, 9.17) is 0 Å². The lowest BCUT2D eigenvalue weighted by atomic mass is 10.0. The fourth-order valence-corrected chi connectivity index (χ4v) is 4.36. The van der Waals surface area contributed by atoms with Gasteiger partial charge in [0.05, 0.1) is 11.1 Å². The zero-order valence-corrected chi connectivity index (χ0v) is 21.1. The Bertz CT molecular complexity index is 1420. The van der Waals surface area contributed by atoms with Crippen molar-refractivity contribution in [3.63, 3.8) is 0 Å². The van der Waals surface area contributed by atoms with Gasteiger partial charge in [-0.2, -0.15) is 4.98 Å². The Balaban J connectivity index is 1.34. The number of piperidine rings is 1. The Morgan fingerprint density at radius 1 is 1.11 bits per heavy atom. The van der Waals surface area contributed by atoms with Gasteiger partial charge in [0.25, 0.3) is 5.91 Å². The molecule has 5 rings (SSSR count). The molecule has 0 unspecified atom stereocenters. The number of rotatable bonds is 6. The van der Waals surface area contributed by atoms with Crippen LogP contribution in [0.5, 0.6) is 0 Å². The Labute approximate surface area is 214 Å². The Morgan fingerprint density at radius 2 is 1.84 bits per heavy atom. The van der Waals surface area contributed by atoms with Crippen molar-refractivity contribution in [3.8, 4) is 5.82 Å². The van der Waals surface area contributed by atoms with E-state index in [1.807, 2.05) is 0 Å². The molecule has 192 valence electrons. The van der Waals surface area contributed by atoms with E-state index in [0.29, 0.717) is 28.4 Å². The first-order valence-electron chi connectivity index (χ1n) is 12.3. The van der Waals surface area contributed by atoms with Gasteiger partial charge >= 0.3 is 0 Å². The normalized spacial score (nSPS) is 15.2. The highest BCUT2D eigenvalue weighted by Gasteiger charge is 2.21. The van der Waals surface area contributed by atoms with E-state index in [-0.39, 0.29) is 23.3 Å². The molecule has 0 atom stereocenters. The number of carbonyl (C=O) groups excluding carboxylic acids is 1. The fourth-order valence-electron chi connectivity index (χ4n) is 4.36. The molecule has 10 heteroatoms. The van der Waals surface area contributed by atoms with Crippen LogP contribution in [0.3, 0.4) is 0 Å². The van der Waals surface area contributed by atoms with E-state index in [2.05, 4.69) is 37.5 Å². The summed E-state index contributed by atoms with van der Waals surface area (Å²) in [6.07, 6.45) is 4.61. The molecule has 1 amide bonds. The summed E-state index contributed by atoms with van der Waals surface area (Å²) in [5, 5.41) is 16.8. The molecule has 4 aromatic rings. The quantitative estimate of drug-likeness (QED) is 0.368. The van der Waals surface area contributed by atoms with Gasteiger partial charge < -0.3 is 20.6 Å². The van der Waals surface area contributed by atoms with Crippen LogP contribution >= 0.6 is 0 Å². The number of hydrogen-bond acceptors (Lipinski definition) is 7. The molecule has 3 N–H and O–H groups in total. The van der Waals surface area contributed by atoms with Crippen LogP contribution in [0.15, 0.2) is 54.9 Å². The van der Waals surface area contributed by atoms with E-state index in [1.165, 1.54) is 17.0 Å². The number of hydrogen-bond donors (Lipinski definition) is 3. The third kappa shape index (κ3) is 5.45. The van der Waals surface area contributed by atoms with E-state index in [9.17, 15) is 14.3 Å². The lowest BCUT2D eigenvalue weighted by Crippen LogP contribution is -2.43. The van der Waals surface area contributed by atoms with Crippen molar-refractivity contribution >= 4 is 28.6 Å². The monoisotopic (exact) mass is 503 g/mol.